The molecule has 2 aromatic carbocycles. The monoisotopic (exact) mass is 408 g/mol. The predicted molar refractivity (Wildman–Crippen MR) is 116 cm³/mol. The Bertz CT molecular complexity index is 1130. The van der Waals surface area contributed by atoms with Gasteiger partial charge in [-0.25, -0.2) is 18.4 Å². The van der Waals surface area contributed by atoms with Crippen LogP contribution in [0.2, 0.25) is 0 Å². The summed E-state index contributed by atoms with van der Waals surface area (Å²) in [5, 5.41) is 1.05. The van der Waals surface area contributed by atoms with Crippen molar-refractivity contribution >= 4 is 26.7 Å². The van der Waals surface area contributed by atoms with Crippen LogP contribution >= 0.6 is 0 Å². The summed E-state index contributed by atoms with van der Waals surface area (Å²) in [7, 11) is -2.85. The number of fused-ring (bicyclic) bond motifs is 1. The molecule has 0 bridgehead atoms. The molecule has 7 heteroatoms. The predicted octanol–water partition coefficient (Wildman–Crippen LogP) is 2.61. The average molecular weight is 409 g/mol. The van der Waals surface area contributed by atoms with Gasteiger partial charge in [0.05, 0.1) is 22.7 Å². The second-order valence-electron chi connectivity index (χ2n) is 7.84. The molecule has 1 aromatic heterocycles. The number of hydrogen-bond acceptors (Lipinski definition) is 6. The third-order valence-electron chi connectivity index (χ3n) is 5.96. The van der Waals surface area contributed by atoms with Gasteiger partial charge in [0, 0.05) is 43.2 Å². The van der Waals surface area contributed by atoms with E-state index < -0.39 is 9.84 Å². The van der Waals surface area contributed by atoms with Crippen LogP contribution in [0, 0.1) is 0 Å². The van der Waals surface area contributed by atoms with Gasteiger partial charge in [-0.05, 0) is 12.5 Å². The van der Waals surface area contributed by atoms with E-state index in [0.717, 1.165) is 60.7 Å². The average Bonchev–Trinajstić information content (AvgIpc) is 3.13. The highest BCUT2D eigenvalue weighted by molar-refractivity contribution is 7.91. The lowest BCUT2D eigenvalue weighted by molar-refractivity contribution is 0.200. The quantitative estimate of drug-likeness (QED) is 0.664. The van der Waals surface area contributed by atoms with Gasteiger partial charge in [0.1, 0.15) is 0 Å². The molecule has 5 rings (SSSR count). The van der Waals surface area contributed by atoms with Gasteiger partial charge in [0.25, 0.3) is 0 Å². The topological polar surface area (TPSA) is 66.4 Å². The first-order valence-corrected chi connectivity index (χ1v) is 11.9. The number of benzene rings is 2. The highest BCUT2D eigenvalue weighted by atomic mass is 32.2. The van der Waals surface area contributed by atoms with Crippen LogP contribution < -0.4 is 4.90 Å². The van der Waals surface area contributed by atoms with Crippen molar-refractivity contribution in [2.45, 2.75) is 12.5 Å². The third kappa shape index (κ3) is 3.72. The largest absolute Gasteiger partial charge is 0.338 e. The highest BCUT2D eigenvalue weighted by Gasteiger charge is 2.34. The van der Waals surface area contributed by atoms with Gasteiger partial charge < -0.3 is 4.90 Å². The lowest BCUT2D eigenvalue weighted by Gasteiger charge is -2.37. The van der Waals surface area contributed by atoms with E-state index in [1.807, 2.05) is 36.4 Å². The molecule has 0 spiro atoms. The number of hydrogen-bond donors (Lipinski definition) is 0. The minimum atomic E-state index is -2.85. The smallest absolute Gasteiger partial charge is 0.226 e. The van der Waals surface area contributed by atoms with Gasteiger partial charge in [-0.2, -0.15) is 0 Å². The van der Waals surface area contributed by atoms with Crippen LogP contribution in [0.4, 0.5) is 5.95 Å². The molecule has 1 atom stereocenters. The normalized spacial score (nSPS) is 22.2. The third-order valence-corrected chi connectivity index (χ3v) is 7.71. The van der Waals surface area contributed by atoms with Gasteiger partial charge in [-0.1, -0.05) is 48.5 Å². The van der Waals surface area contributed by atoms with Gasteiger partial charge >= 0.3 is 0 Å². The first-order chi connectivity index (χ1) is 14.1. The molecule has 2 fully saturated rings. The number of piperazine rings is 1. The van der Waals surface area contributed by atoms with Crippen LogP contribution in [0.25, 0.3) is 22.2 Å². The maximum atomic E-state index is 11.8. The first-order valence-electron chi connectivity index (χ1n) is 10.1. The molecular weight excluding hydrogens is 384 g/mol. The number of aromatic nitrogens is 2. The fourth-order valence-corrected chi connectivity index (χ4v) is 6.13. The van der Waals surface area contributed by atoms with E-state index in [4.69, 9.17) is 9.97 Å². The van der Waals surface area contributed by atoms with Crippen molar-refractivity contribution in [2.75, 3.05) is 42.6 Å². The molecule has 2 saturated heterocycles. The Balaban J connectivity index is 1.41. The summed E-state index contributed by atoms with van der Waals surface area (Å²) < 4.78 is 23.6. The summed E-state index contributed by atoms with van der Waals surface area (Å²) in [6.07, 6.45) is 0.757. The number of nitrogens with zero attached hydrogens (tertiary/aromatic N) is 4. The zero-order chi connectivity index (χ0) is 19.8. The Hall–Kier alpha value is -2.51. The fourth-order valence-electron chi connectivity index (χ4n) is 4.37. The molecule has 0 radical (unpaired) electrons. The summed E-state index contributed by atoms with van der Waals surface area (Å²) in [5.41, 5.74) is 2.98. The minimum absolute atomic E-state index is 0.166. The molecule has 29 heavy (non-hydrogen) atoms. The molecule has 0 unspecified atom stereocenters. The second kappa shape index (κ2) is 7.39. The minimum Gasteiger partial charge on any atom is -0.338 e. The lowest BCUT2D eigenvalue weighted by Crippen LogP contribution is -2.51. The SMILES string of the molecule is O=S1(=O)CC[C@@H](N2CCN(c3nc(-c4ccccc4)c4ccccc4n3)CC2)C1. The Morgan fingerprint density at radius 1 is 0.862 bits per heavy atom. The number of para-hydroxylation sites is 1. The van der Waals surface area contributed by atoms with Crippen LogP contribution in [0.15, 0.2) is 54.6 Å². The maximum Gasteiger partial charge on any atom is 0.226 e. The molecule has 2 aliphatic rings. The van der Waals surface area contributed by atoms with Crippen molar-refractivity contribution in [3.63, 3.8) is 0 Å². The standard InChI is InChI=1S/C22H24N4O2S/c27-29(28)15-10-18(16-29)25-11-13-26(14-12-25)22-23-20-9-5-4-8-19(20)21(24-22)17-6-2-1-3-7-17/h1-9,18H,10-16H2/t18-/m1/s1. The van der Waals surface area contributed by atoms with Crippen molar-refractivity contribution in [3.05, 3.63) is 54.6 Å². The molecule has 0 amide bonds. The molecular formula is C22H24N4O2S. The lowest BCUT2D eigenvalue weighted by atomic mass is 10.1. The fraction of sp³-hybridized carbons (Fsp3) is 0.364. The summed E-state index contributed by atoms with van der Waals surface area (Å²) in [4.78, 5) is 14.3. The van der Waals surface area contributed by atoms with Crippen molar-refractivity contribution in [1.29, 1.82) is 0 Å². The van der Waals surface area contributed by atoms with Gasteiger partial charge in [0.15, 0.2) is 9.84 Å². The Labute approximate surface area is 171 Å². The highest BCUT2D eigenvalue weighted by Crippen LogP contribution is 2.29. The number of anilines is 1. The molecule has 3 heterocycles. The maximum absolute atomic E-state index is 11.8. The number of rotatable bonds is 3. The Kier molecular flexibility index (Phi) is 4.72. The molecule has 3 aromatic rings. The van der Waals surface area contributed by atoms with Crippen LogP contribution in [0.3, 0.4) is 0 Å². The van der Waals surface area contributed by atoms with Crippen molar-refractivity contribution < 1.29 is 8.42 Å². The summed E-state index contributed by atoms with van der Waals surface area (Å²) in [6, 6.07) is 18.5. The van der Waals surface area contributed by atoms with Crippen LogP contribution in [-0.2, 0) is 9.84 Å². The van der Waals surface area contributed by atoms with Crippen molar-refractivity contribution in [1.82, 2.24) is 14.9 Å². The van der Waals surface area contributed by atoms with Gasteiger partial charge in [0.2, 0.25) is 5.95 Å². The van der Waals surface area contributed by atoms with Crippen LogP contribution in [0.1, 0.15) is 6.42 Å². The summed E-state index contributed by atoms with van der Waals surface area (Å²) in [6.45, 7) is 3.31. The van der Waals surface area contributed by atoms with E-state index in [1.54, 1.807) is 0 Å². The van der Waals surface area contributed by atoms with E-state index >= 15 is 0 Å². The molecule has 0 saturated carbocycles. The molecule has 2 aliphatic heterocycles. The van der Waals surface area contributed by atoms with Crippen molar-refractivity contribution in [2.24, 2.45) is 0 Å². The van der Waals surface area contributed by atoms with E-state index in [9.17, 15) is 8.42 Å². The van der Waals surface area contributed by atoms with Crippen LogP contribution in [0.5, 0.6) is 0 Å². The molecule has 0 N–H and O–H groups in total. The van der Waals surface area contributed by atoms with E-state index in [0.29, 0.717) is 11.5 Å². The first kappa shape index (κ1) is 18.5. The number of sulfone groups is 1. The van der Waals surface area contributed by atoms with E-state index in [-0.39, 0.29) is 6.04 Å². The molecule has 6 nitrogen and oxygen atoms in total. The van der Waals surface area contributed by atoms with Crippen molar-refractivity contribution in [3.8, 4) is 11.3 Å². The summed E-state index contributed by atoms with van der Waals surface area (Å²) in [5.74, 6) is 1.38. The summed E-state index contributed by atoms with van der Waals surface area (Å²) >= 11 is 0. The Morgan fingerprint density at radius 3 is 2.31 bits per heavy atom. The second-order valence-corrected chi connectivity index (χ2v) is 10.1. The zero-order valence-corrected chi connectivity index (χ0v) is 17.1. The molecule has 150 valence electrons. The van der Waals surface area contributed by atoms with E-state index in [2.05, 4.69) is 28.0 Å². The van der Waals surface area contributed by atoms with E-state index in [1.165, 1.54) is 0 Å². The van der Waals surface area contributed by atoms with Gasteiger partial charge in [-0.15, -0.1) is 0 Å². The molecule has 0 aliphatic carbocycles. The van der Waals surface area contributed by atoms with Crippen LogP contribution in [-0.4, -0.2) is 67.0 Å². The Morgan fingerprint density at radius 2 is 1.59 bits per heavy atom. The zero-order valence-electron chi connectivity index (χ0n) is 16.2. The van der Waals surface area contributed by atoms with Gasteiger partial charge in [-0.3, -0.25) is 4.90 Å².